The molecule has 0 aromatic heterocycles. The Hall–Kier alpha value is -3.32. The van der Waals surface area contributed by atoms with Crippen LogP contribution in [0.3, 0.4) is 0 Å². The fourth-order valence-electron chi connectivity index (χ4n) is 3.16. The monoisotopic (exact) mass is 328 g/mol. The quantitative estimate of drug-likeness (QED) is 0.714. The van der Waals surface area contributed by atoms with E-state index in [-0.39, 0.29) is 5.91 Å². The van der Waals surface area contributed by atoms with Gasteiger partial charge >= 0.3 is 0 Å². The minimum Gasteiger partial charge on any atom is -0.479 e. The summed E-state index contributed by atoms with van der Waals surface area (Å²) in [6.07, 6.45) is -0.541. The van der Waals surface area contributed by atoms with E-state index in [2.05, 4.69) is 30.3 Å². The lowest BCUT2D eigenvalue weighted by atomic mass is 10.1. The summed E-state index contributed by atoms with van der Waals surface area (Å²) in [6.45, 7) is 2.19. The number of rotatable bonds is 2. The second kappa shape index (κ2) is 5.95. The molecule has 1 unspecified atom stereocenters. The van der Waals surface area contributed by atoms with Crippen LogP contribution in [0.1, 0.15) is 18.1 Å². The van der Waals surface area contributed by atoms with E-state index in [1.807, 2.05) is 18.2 Å². The first-order valence-corrected chi connectivity index (χ1v) is 8.15. The molecule has 1 atom stereocenters. The lowest BCUT2D eigenvalue weighted by Crippen LogP contribution is -2.44. The van der Waals surface area contributed by atoms with Crippen LogP contribution in [0.15, 0.2) is 60.7 Å². The highest BCUT2D eigenvalue weighted by molar-refractivity contribution is 6.00. The molecule has 3 aromatic carbocycles. The molecule has 25 heavy (non-hydrogen) atoms. The third kappa shape index (κ3) is 2.70. The Morgan fingerprint density at radius 3 is 2.68 bits per heavy atom. The van der Waals surface area contributed by atoms with Crippen molar-refractivity contribution >= 4 is 22.4 Å². The zero-order valence-electron chi connectivity index (χ0n) is 13.8. The fraction of sp³-hybridized carbons (Fsp3) is 0.143. The van der Waals surface area contributed by atoms with E-state index in [4.69, 9.17) is 10.00 Å². The fourth-order valence-corrected chi connectivity index (χ4v) is 3.16. The molecule has 0 spiro atoms. The number of anilines is 1. The van der Waals surface area contributed by atoms with Gasteiger partial charge in [0, 0.05) is 0 Å². The van der Waals surface area contributed by atoms with Gasteiger partial charge in [0.05, 0.1) is 23.9 Å². The van der Waals surface area contributed by atoms with E-state index < -0.39 is 6.10 Å². The number of carbonyl (C=O) groups excluding carboxylic acids is 1. The standard InChI is InChI=1S/C21H16N2O2/c1-14-21(24)23(19-11-15(12-22)7-9-20(19)25-14)13-16-6-8-17-4-2-3-5-18(17)10-16/h2-11,14H,13H2,1H3. The number of hydrogen-bond acceptors (Lipinski definition) is 3. The van der Waals surface area contributed by atoms with Gasteiger partial charge in [0.2, 0.25) is 0 Å². The van der Waals surface area contributed by atoms with Crippen LogP contribution in [0.2, 0.25) is 0 Å². The molecule has 1 amide bonds. The average molecular weight is 328 g/mol. The highest BCUT2D eigenvalue weighted by Crippen LogP contribution is 2.36. The van der Waals surface area contributed by atoms with E-state index in [0.29, 0.717) is 23.5 Å². The molecule has 0 fully saturated rings. The summed E-state index contributed by atoms with van der Waals surface area (Å²) >= 11 is 0. The normalized spacial score (nSPS) is 16.2. The molecule has 0 N–H and O–H groups in total. The second-order valence-corrected chi connectivity index (χ2v) is 6.16. The zero-order chi connectivity index (χ0) is 17.4. The SMILES string of the molecule is CC1Oc2ccc(C#N)cc2N(Cc2ccc3ccccc3c2)C1=O. The molecule has 4 nitrogen and oxygen atoms in total. The van der Waals surface area contributed by atoms with Crippen LogP contribution in [-0.2, 0) is 11.3 Å². The van der Waals surface area contributed by atoms with Gasteiger partial charge in [0.25, 0.3) is 5.91 Å². The molecular formula is C21H16N2O2. The summed E-state index contributed by atoms with van der Waals surface area (Å²) in [5, 5.41) is 11.5. The van der Waals surface area contributed by atoms with Gasteiger partial charge in [-0.25, -0.2) is 0 Å². The Labute approximate surface area is 145 Å². The van der Waals surface area contributed by atoms with Crippen molar-refractivity contribution in [1.82, 2.24) is 0 Å². The van der Waals surface area contributed by atoms with Crippen LogP contribution in [0.4, 0.5) is 5.69 Å². The predicted molar refractivity (Wildman–Crippen MR) is 96.4 cm³/mol. The lowest BCUT2D eigenvalue weighted by molar-refractivity contribution is -0.125. The van der Waals surface area contributed by atoms with E-state index in [9.17, 15) is 4.79 Å². The van der Waals surface area contributed by atoms with Crippen LogP contribution >= 0.6 is 0 Å². The van der Waals surface area contributed by atoms with Crippen molar-refractivity contribution in [2.45, 2.75) is 19.6 Å². The molecule has 0 bridgehead atoms. The number of nitriles is 1. The van der Waals surface area contributed by atoms with Crippen molar-refractivity contribution in [1.29, 1.82) is 5.26 Å². The van der Waals surface area contributed by atoms with Gasteiger partial charge in [0.15, 0.2) is 6.10 Å². The number of fused-ring (bicyclic) bond motifs is 2. The second-order valence-electron chi connectivity index (χ2n) is 6.16. The molecule has 1 aliphatic rings. The van der Waals surface area contributed by atoms with Gasteiger partial charge in [-0.3, -0.25) is 4.79 Å². The van der Waals surface area contributed by atoms with Gasteiger partial charge in [-0.05, 0) is 47.5 Å². The summed E-state index contributed by atoms with van der Waals surface area (Å²) in [4.78, 5) is 14.4. The van der Waals surface area contributed by atoms with Crippen molar-refractivity contribution in [2.75, 3.05) is 4.90 Å². The van der Waals surface area contributed by atoms with E-state index in [1.165, 1.54) is 5.39 Å². The first-order valence-electron chi connectivity index (χ1n) is 8.15. The summed E-state index contributed by atoms with van der Waals surface area (Å²) < 4.78 is 5.68. The molecule has 3 aromatic rings. The maximum atomic E-state index is 12.7. The maximum absolute atomic E-state index is 12.7. The van der Waals surface area contributed by atoms with Gasteiger partial charge in [-0.1, -0.05) is 36.4 Å². The number of hydrogen-bond donors (Lipinski definition) is 0. The largest absolute Gasteiger partial charge is 0.479 e. The van der Waals surface area contributed by atoms with Crippen LogP contribution in [0, 0.1) is 11.3 Å². The molecule has 0 saturated heterocycles. The van der Waals surface area contributed by atoms with Gasteiger partial charge in [-0.15, -0.1) is 0 Å². The van der Waals surface area contributed by atoms with Crippen molar-refractivity contribution in [3.8, 4) is 11.8 Å². The molecule has 0 radical (unpaired) electrons. The Bertz CT molecular complexity index is 1020. The Kier molecular flexibility index (Phi) is 3.62. The van der Waals surface area contributed by atoms with Crippen LogP contribution in [-0.4, -0.2) is 12.0 Å². The summed E-state index contributed by atoms with van der Waals surface area (Å²) in [5.74, 6) is 0.530. The highest BCUT2D eigenvalue weighted by atomic mass is 16.5. The van der Waals surface area contributed by atoms with Gasteiger partial charge in [0.1, 0.15) is 5.75 Å². The molecule has 4 rings (SSSR count). The Morgan fingerprint density at radius 1 is 1.08 bits per heavy atom. The first kappa shape index (κ1) is 15.2. The topological polar surface area (TPSA) is 53.3 Å². The molecule has 1 aliphatic heterocycles. The predicted octanol–water partition coefficient (Wildman–Crippen LogP) is 4.03. The number of benzene rings is 3. The molecule has 122 valence electrons. The first-order chi connectivity index (χ1) is 12.2. The van der Waals surface area contributed by atoms with Crippen molar-refractivity contribution in [2.24, 2.45) is 0 Å². The van der Waals surface area contributed by atoms with E-state index in [0.717, 1.165) is 10.9 Å². The third-order valence-electron chi connectivity index (χ3n) is 4.45. The lowest BCUT2D eigenvalue weighted by Gasteiger charge is -2.33. The average Bonchev–Trinajstić information content (AvgIpc) is 2.65. The number of amides is 1. The van der Waals surface area contributed by atoms with E-state index >= 15 is 0 Å². The van der Waals surface area contributed by atoms with Crippen molar-refractivity contribution < 1.29 is 9.53 Å². The summed E-state index contributed by atoms with van der Waals surface area (Å²) in [6, 6.07) is 21.6. The molecule has 0 aliphatic carbocycles. The smallest absolute Gasteiger partial charge is 0.268 e. The number of carbonyl (C=O) groups is 1. The summed E-state index contributed by atoms with van der Waals surface area (Å²) in [7, 11) is 0. The van der Waals surface area contributed by atoms with Crippen LogP contribution in [0.25, 0.3) is 10.8 Å². The minimum atomic E-state index is -0.541. The molecule has 0 saturated carbocycles. The molecule has 4 heteroatoms. The Morgan fingerprint density at radius 2 is 1.88 bits per heavy atom. The summed E-state index contributed by atoms with van der Waals surface area (Å²) in [5.41, 5.74) is 2.19. The van der Waals surface area contributed by atoms with Crippen molar-refractivity contribution in [3.63, 3.8) is 0 Å². The number of ether oxygens (including phenoxy) is 1. The van der Waals surface area contributed by atoms with Crippen molar-refractivity contribution in [3.05, 3.63) is 71.8 Å². The van der Waals surface area contributed by atoms with Gasteiger partial charge < -0.3 is 9.64 Å². The molecule has 1 heterocycles. The van der Waals surface area contributed by atoms with E-state index in [1.54, 1.807) is 30.0 Å². The van der Waals surface area contributed by atoms with Crippen LogP contribution in [0.5, 0.6) is 5.75 Å². The number of nitrogens with zero attached hydrogens (tertiary/aromatic N) is 2. The molecular weight excluding hydrogens is 312 g/mol. The van der Waals surface area contributed by atoms with Gasteiger partial charge in [-0.2, -0.15) is 5.26 Å². The van der Waals surface area contributed by atoms with Crippen LogP contribution < -0.4 is 9.64 Å². The third-order valence-corrected chi connectivity index (χ3v) is 4.45. The highest BCUT2D eigenvalue weighted by Gasteiger charge is 2.31. The minimum absolute atomic E-state index is 0.101. The Balaban J connectivity index is 1.75. The zero-order valence-corrected chi connectivity index (χ0v) is 13.8. The maximum Gasteiger partial charge on any atom is 0.268 e.